The van der Waals surface area contributed by atoms with Crippen molar-refractivity contribution in [3.05, 3.63) is 164 Å². The lowest BCUT2D eigenvalue weighted by Gasteiger charge is -2.10. The number of hydrogen-bond donors (Lipinski definition) is 0. The number of benzene rings is 6. The molecule has 3 nitrogen and oxygen atoms in total. The SMILES string of the molecule is Fc1ccc(-c2ccc(-c3nc(-c4ccc(-c5ccccc5)cc4)nc(-c4ccc(-c5ccccc5)cc4)n3)cc2)cc1. The fourth-order valence-electron chi connectivity index (χ4n) is 5.10. The van der Waals surface area contributed by atoms with Gasteiger partial charge in [-0.2, -0.15) is 0 Å². The largest absolute Gasteiger partial charge is 0.208 e. The van der Waals surface area contributed by atoms with Gasteiger partial charge in [0.15, 0.2) is 17.5 Å². The molecule has 1 aromatic heterocycles. The van der Waals surface area contributed by atoms with Gasteiger partial charge in [0.1, 0.15) is 5.82 Å². The van der Waals surface area contributed by atoms with Gasteiger partial charge in [-0.3, -0.25) is 0 Å². The first-order valence-corrected chi connectivity index (χ1v) is 14.1. The minimum atomic E-state index is -0.251. The highest BCUT2D eigenvalue weighted by atomic mass is 19.1. The van der Waals surface area contributed by atoms with Crippen molar-refractivity contribution in [1.29, 1.82) is 0 Å². The Morgan fingerprint density at radius 2 is 0.488 bits per heavy atom. The van der Waals surface area contributed by atoms with E-state index in [1.165, 1.54) is 12.1 Å². The van der Waals surface area contributed by atoms with Gasteiger partial charge in [0, 0.05) is 16.7 Å². The average Bonchev–Trinajstić information content (AvgIpc) is 3.09. The highest BCUT2D eigenvalue weighted by molar-refractivity contribution is 5.73. The van der Waals surface area contributed by atoms with E-state index >= 15 is 0 Å². The second-order valence-corrected chi connectivity index (χ2v) is 10.3. The number of aromatic nitrogens is 3. The molecule has 7 rings (SSSR count). The molecule has 0 saturated heterocycles. The quantitative estimate of drug-likeness (QED) is 0.205. The Kier molecular flexibility index (Phi) is 7.08. The third-order valence-corrected chi connectivity index (χ3v) is 7.46. The molecule has 0 atom stereocenters. The molecule has 43 heavy (non-hydrogen) atoms. The molecule has 7 aromatic rings. The maximum Gasteiger partial charge on any atom is 0.164 e. The van der Waals surface area contributed by atoms with Crippen molar-refractivity contribution in [2.24, 2.45) is 0 Å². The summed E-state index contributed by atoms with van der Waals surface area (Å²) in [6.07, 6.45) is 0. The zero-order valence-corrected chi connectivity index (χ0v) is 23.2. The Morgan fingerprint density at radius 3 is 0.791 bits per heavy atom. The van der Waals surface area contributed by atoms with Gasteiger partial charge in [-0.05, 0) is 45.5 Å². The molecule has 0 fully saturated rings. The molecule has 0 aliphatic heterocycles. The number of nitrogens with zero attached hydrogens (tertiary/aromatic N) is 3. The molecule has 0 spiro atoms. The molecule has 0 unspecified atom stereocenters. The summed E-state index contributed by atoms with van der Waals surface area (Å²) in [5.41, 5.74) is 9.21. The summed E-state index contributed by atoms with van der Waals surface area (Å²) in [6.45, 7) is 0. The van der Waals surface area contributed by atoms with Crippen LogP contribution in [0, 0.1) is 5.82 Å². The van der Waals surface area contributed by atoms with Crippen LogP contribution in [0.2, 0.25) is 0 Å². The maximum absolute atomic E-state index is 13.4. The van der Waals surface area contributed by atoms with Crippen molar-refractivity contribution in [3.63, 3.8) is 0 Å². The molecule has 1 heterocycles. The summed E-state index contributed by atoms with van der Waals surface area (Å²) in [5, 5.41) is 0. The molecule has 0 amide bonds. The van der Waals surface area contributed by atoms with Crippen LogP contribution in [0.3, 0.4) is 0 Å². The lowest BCUT2D eigenvalue weighted by Crippen LogP contribution is -2.00. The number of hydrogen-bond acceptors (Lipinski definition) is 3. The van der Waals surface area contributed by atoms with Gasteiger partial charge in [0.2, 0.25) is 0 Å². The molecular formula is C39H26FN3. The first kappa shape index (κ1) is 26.2. The predicted molar refractivity (Wildman–Crippen MR) is 172 cm³/mol. The van der Waals surface area contributed by atoms with Gasteiger partial charge in [-0.1, -0.05) is 146 Å². The van der Waals surface area contributed by atoms with Crippen LogP contribution < -0.4 is 0 Å². The molecular weight excluding hydrogens is 529 g/mol. The van der Waals surface area contributed by atoms with Crippen molar-refractivity contribution in [1.82, 2.24) is 15.0 Å². The molecule has 0 aliphatic carbocycles. The number of rotatable bonds is 6. The summed E-state index contributed by atoms with van der Waals surface area (Å²) in [4.78, 5) is 14.7. The highest BCUT2D eigenvalue weighted by Crippen LogP contribution is 2.29. The van der Waals surface area contributed by atoms with Gasteiger partial charge in [-0.15, -0.1) is 0 Å². The van der Waals surface area contributed by atoms with E-state index in [0.717, 1.165) is 50.1 Å². The van der Waals surface area contributed by atoms with Gasteiger partial charge in [0.25, 0.3) is 0 Å². The van der Waals surface area contributed by atoms with Gasteiger partial charge < -0.3 is 0 Å². The fourth-order valence-corrected chi connectivity index (χ4v) is 5.10. The van der Waals surface area contributed by atoms with Crippen LogP contribution in [0.5, 0.6) is 0 Å². The van der Waals surface area contributed by atoms with E-state index in [1.807, 2.05) is 60.7 Å². The zero-order chi connectivity index (χ0) is 29.0. The van der Waals surface area contributed by atoms with Crippen molar-refractivity contribution in [3.8, 4) is 67.5 Å². The van der Waals surface area contributed by atoms with Crippen LogP contribution in [0.4, 0.5) is 4.39 Å². The Balaban J connectivity index is 1.28. The Hall–Kier alpha value is -5.74. The predicted octanol–water partition coefficient (Wildman–Crippen LogP) is 10.0. The van der Waals surface area contributed by atoms with Gasteiger partial charge >= 0.3 is 0 Å². The van der Waals surface area contributed by atoms with E-state index in [2.05, 4.69) is 72.8 Å². The molecule has 4 heteroatoms. The zero-order valence-electron chi connectivity index (χ0n) is 23.2. The molecule has 0 radical (unpaired) electrons. The molecule has 0 aliphatic rings. The summed E-state index contributed by atoms with van der Waals surface area (Å²) in [5.74, 6) is 1.55. The summed E-state index contributed by atoms with van der Waals surface area (Å²) in [6, 6.07) is 51.7. The first-order chi connectivity index (χ1) is 21.2. The Morgan fingerprint density at radius 1 is 0.256 bits per heavy atom. The summed E-state index contributed by atoms with van der Waals surface area (Å²) < 4.78 is 13.4. The number of halogens is 1. The minimum absolute atomic E-state index is 0.251. The normalized spacial score (nSPS) is 10.9. The lowest BCUT2D eigenvalue weighted by molar-refractivity contribution is 0.628. The standard InChI is InChI=1S/C39H26FN3/c40-36-25-23-32(24-26-36)31-15-21-35(22-16-31)39-42-37(33-17-11-29(12-18-33)27-7-3-1-4-8-27)41-38(43-39)34-19-13-30(14-20-34)28-9-5-2-6-10-28/h1-26H. The van der Waals surface area contributed by atoms with Crippen molar-refractivity contribution < 1.29 is 4.39 Å². The second-order valence-electron chi connectivity index (χ2n) is 10.3. The Labute approximate surface area is 250 Å². The van der Waals surface area contributed by atoms with E-state index in [1.54, 1.807) is 12.1 Å². The molecule has 0 bridgehead atoms. The van der Waals surface area contributed by atoms with Crippen molar-refractivity contribution >= 4 is 0 Å². The van der Waals surface area contributed by atoms with E-state index in [9.17, 15) is 4.39 Å². The van der Waals surface area contributed by atoms with Crippen molar-refractivity contribution in [2.75, 3.05) is 0 Å². The molecule has 0 saturated carbocycles. The summed E-state index contributed by atoms with van der Waals surface area (Å²) in [7, 11) is 0. The third-order valence-electron chi connectivity index (χ3n) is 7.46. The molecule has 0 N–H and O–H groups in total. The van der Waals surface area contributed by atoms with E-state index in [0.29, 0.717) is 17.5 Å². The smallest absolute Gasteiger partial charge is 0.164 e. The first-order valence-electron chi connectivity index (χ1n) is 14.1. The topological polar surface area (TPSA) is 38.7 Å². The van der Waals surface area contributed by atoms with Crippen LogP contribution in [0.15, 0.2) is 158 Å². The average molecular weight is 556 g/mol. The highest BCUT2D eigenvalue weighted by Gasteiger charge is 2.13. The van der Waals surface area contributed by atoms with Gasteiger partial charge in [0.05, 0.1) is 0 Å². The van der Waals surface area contributed by atoms with E-state index in [4.69, 9.17) is 15.0 Å². The van der Waals surface area contributed by atoms with Crippen LogP contribution in [0.1, 0.15) is 0 Å². The maximum atomic E-state index is 13.4. The molecule has 6 aromatic carbocycles. The van der Waals surface area contributed by atoms with Crippen LogP contribution in [-0.4, -0.2) is 15.0 Å². The molecule has 204 valence electrons. The Bertz CT molecular complexity index is 1870. The van der Waals surface area contributed by atoms with E-state index < -0.39 is 0 Å². The van der Waals surface area contributed by atoms with Crippen molar-refractivity contribution in [2.45, 2.75) is 0 Å². The lowest BCUT2D eigenvalue weighted by atomic mass is 10.0. The van der Waals surface area contributed by atoms with Crippen LogP contribution in [-0.2, 0) is 0 Å². The van der Waals surface area contributed by atoms with Crippen LogP contribution in [0.25, 0.3) is 67.5 Å². The fraction of sp³-hybridized carbons (Fsp3) is 0. The van der Waals surface area contributed by atoms with Gasteiger partial charge in [-0.25, -0.2) is 19.3 Å². The second kappa shape index (κ2) is 11.6. The third kappa shape index (κ3) is 5.72. The summed E-state index contributed by atoms with van der Waals surface area (Å²) >= 11 is 0. The van der Waals surface area contributed by atoms with E-state index in [-0.39, 0.29) is 5.82 Å². The monoisotopic (exact) mass is 555 g/mol. The van der Waals surface area contributed by atoms with Crippen LogP contribution >= 0.6 is 0 Å². The minimum Gasteiger partial charge on any atom is -0.208 e.